The van der Waals surface area contributed by atoms with Crippen LogP contribution >= 0.6 is 11.6 Å². The number of pyridine rings is 1. The van der Waals surface area contributed by atoms with Crippen molar-refractivity contribution in [1.29, 1.82) is 0 Å². The maximum absolute atomic E-state index is 12.4. The molecule has 0 saturated carbocycles. The van der Waals surface area contributed by atoms with Gasteiger partial charge in [0.05, 0.1) is 24.6 Å². The number of hydrogen-bond acceptors (Lipinski definition) is 4. The fourth-order valence-corrected chi connectivity index (χ4v) is 2.51. The van der Waals surface area contributed by atoms with Crippen LogP contribution in [0.2, 0.25) is 5.02 Å². The first-order chi connectivity index (χ1) is 12.6. The Bertz CT molecular complexity index is 898. The van der Waals surface area contributed by atoms with Gasteiger partial charge < -0.3 is 15.4 Å². The topological polar surface area (TPSA) is 63.2 Å². The number of ether oxygens (including phenoxy) is 1. The zero-order valence-corrected chi connectivity index (χ0v) is 15.0. The SMILES string of the molecule is COc1cccc(Nc2cncc(C(=O)NCc3ccc(Cl)cc3)c2)c1. The van der Waals surface area contributed by atoms with Crippen LogP contribution in [0.15, 0.2) is 67.0 Å². The molecule has 26 heavy (non-hydrogen) atoms. The van der Waals surface area contributed by atoms with E-state index in [1.165, 1.54) is 6.20 Å². The molecule has 0 unspecified atom stereocenters. The van der Waals surface area contributed by atoms with Crippen LogP contribution in [0.25, 0.3) is 0 Å². The van der Waals surface area contributed by atoms with Gasteiger partial charge >= 0.3 is 0 Å². The summed E-state index contributed by atoms with van der Waals surface area (Å²) < 4.78 is 5.21. The first-order valence-electron chi connectivity index (χ1n) is 8.03. The highest BCUT2D eigenvalue weighted by atomic mass is 35.5. The Kier molecular flexibility index (Phi) is 5.71. The molecule has 5 nitrogen and oxygen atoms in total. The van der Waals surface area contributed by atoms with Gasteiger partial charge in [-0.25, -0.2) is 0 Å². The third-order valence-electron chi connectivity index (χ3n) is 3.73. The average Bonchev–Trinajstić information content (AvgIpc) is 2.67. The molecule has 2 aromatic carbocycles. The number of methoxy groups -OCH3 is 1. The van der Waals surface area contributed by atoms with E-state index in [9.17, 15) is 4.79 Å². The highest BCUT2D eigenvalue weighted by Crippen LogP contribution is 2.21. The lowest BCUT2D eigenvalue weighted by Crippen LogP contribution is -2.23. The lowest BCUT2D eigenvalue weighted by molar-refractivity contribution is 0.0950. The predicted octanol–water partition coefficient (Wildman–Crippen LogP) is 4.42. The summed E-state index contributed by atoms with van der Waals surface area (Å²) in [4.78, 5) is 16.5. The molecule has 0 spiro atoms. The van der Waals surface area contributed by atoms with Crippen LogP contribution in [0.3, 0.4) is 0 Å². The van der Waals surface area contributed by atoms with Gasteiger partial charge in [0.1, 0.15) is 5.75 Å². The predicted molar refractivity (Wildman–Crippen MR) is 103 cm³/mol. The van der Waals surface area contributed by atoms with Gasteiger partial charge in [0.25, 0.3) is 5.91 Å². The van der Waals surface area contributed by atoms with Gasteiger partial charge in [-0.15, -0.1) is 0 Å². The van der Waals surface area contributed by atoms with E-state index in [0.717, 1.165) is 22.7 Å². The fraction of sp³-hybridized carbons (Fsp3) is 0.100. The monoisotopic (exact) mass is 367 g/mol. The van der Waals surface area contributed by atoms with Crippen LogP contribution in [-0.2, 0) is 6.54 Å². The van der Waals surface area contributed by atoms with E-state index in [-0.39, 0.29) is 5.91 Å². The van der Waals surface area contributed by atoms with Crippen molar-refractivity contribution in [3.8, 4) is 5.75 Å². The van der Waals surface area contributed by atoms with E-state index in [2.05, 4.69) is 15.6 Å². The number of rotatable bonds is 6. The number of nitrogens with zero attached hydrogens (tertiary/aromatic N) is 1. The minimum atomic E-state index is -0.193. The van der Waals surface area contributed by atoms with E-state index in [1.54, 1.807) is 31.5 Å². The largest absolute Gasteiger partial charge is 0.497 e. The molecule has 0 saturated heterocycles. The maximum atomic E-state index is 12.4. The quantitative estimate of drug-likeness (QED) is 0.677. The molecule has 0 fully saturated rings. The number of benzene rings is 2. The van der Waals surface area contributed by atoms with Crippen LogP contribution < -0.4 is 15.4 Å². The Morgan fingerprint density at radius 3 is 2.65 bits per heavy atom. The first kappa shape index (κ1) is 17.8. The van der Waals surface area contributed by atoms with Crippen molar-refractivity contribution in [2.75, 3.05) is 12.4 Å². The van der Waals surface area contributed by atoms with Gasteiger partial charge in [-0.05, 0) is 35.9 Å². The van der Waals surface area contributed by atoms with E-state index >= 15 is 0 Å². The zero-order chi connectivity index (χ0) is 18.4. The normalized spacial score (nSPS) is 10.2. The molecule has 6 heteroatoms. The van der Waals surface area contributed by atoms with E-state index in [4.69, 9.17) is 16.3 Å². The number of aromatic nitrogens is 1. The third-order valence-corrected chi connectivity index (χ3v) is 3.98. The Labute approximate surface area is 157 Å². The van der Waals surface area contributed by atoms with Gasteiger partial charge in [-0.1, -0.05) is 29.8 Å². The van der Waals surface area contributed by atoms with Crippen LogP contribution in [0.4, 0.5) is 11.4 Å². The van der Waals surface area contributed by atoms with Crippen LogP contribution in [0, 0.1) is 0 Å². The maximum Gasteiger partial charge on any atom is 0.253 e. The Morgan fingerprint density at radius 1 is 1.08 bits per heavy atom. The summed E-state index contributed by atoms with van der Waals surface area (Å²) in [6.07, 6.45) is 3.20. The van der Waals surface area contributed by atoms with Crippen molar-refractivity contribution in [2.24, 2.45) is 0 Å². The van der Waals surface area contributed by atoms with Gasteiger partial charge in [-0.3, -0.25) is 9.78 Å². The molecular formula is C20H18ClN3O2. The van der Waals surface area contributed by atoms with Gasteiger partial charge in [0.2, 0.25) is 0 Å². The second-order valence-corrected chi connectivity index (χ2v) is 6.06. The van der Waals surface area contributed by atoms with E-state index in [0.29, 0.717) is 17.1 Å². The second kappa shape index (κ2) is 8.36. The number of hydrogen-bond donors (Lipinski definition) is 2. The average molecular weight is 368 g/mol. The number of carbonyl (C=O) groups is 1. The molecule has 0 aliphatic carbocycles. The molecule has 0 aliphatic rings. The number of nitrogens with one attached hydrogen (secondary N) is 2. The molecule has 1 aromatic heterocycles. The second-order valence-electron chi connectivity index (χ2n) is 5.63. The van der Waals surface area contributed by atoms with Crippen molar-refractivity contribution in [3.63, 3.8) is 0 Å². The molecule has 2 N–H and O–H groups in total. The summed E-state index contributed by atoms with van der Waals surface area (Å²) in [6.45, 7) is 0.420. The Morgan fingerprint density at radius 2 is 1.88 bits per heavy atom. The van der Waals surface area contributed by atoms with Crippen molar-refractivity contribution in [1.82, 2.24) is 10.3 Å². The molecule has 0 atom stereocenters. The van der Waals surface area contributed by atoms with Crippen molar-refractivity contribution in [3.05, 3.63) is 83.1 Å². The summed E-state index contributed by atoms with van der Waals surface area (Å²) in [6, 6.07) is 16.6. The summed E-state index contributed by atoms with van der Waals surface area (Å²) in [5, 5.41) is 6.76. The highest BCUT2D eigenvalue weighted by Gasteiger charge is 2.07. The minimum Gasteiger partial charge on any atom is -0.497 e. The van der Waals surface area contributed by atoms with Crippen LogP contribution in [0.1, 0.15) is 15.9 Å². The molecule has 0 radical (unpaired) electrons. The summed E-state index contributed by atoms with van der Waals surface area (Å²) in [7, 11) is 1.62. The molecule has 0 bridgehead atoms. The number of halogens is 1. The molecule has 1 amide bonds. The molecule has 0 aliphatic heterocycles. The summed E-state index contributed by atoms with van der Waals surface area (Å²) in [5.74, 6) is 0.557. The third kappa shape index (κ3) is 4.74. The smallest absolute Gasteiger partial charge is 0.253 e. The molecule has 3 aromatic rings. The lowest BCUT2D eigenvalue weighted by Gasteiger charge is -2.10. The van der Waals surface area contributed by atoms with Crippen molar-refractivity contribution in [2.45, 2.75) is 6.54 Å². The first-order valence-corrected chi connectivity index (χ1v) is 8.40. The number of carbonyl (C=O) groups excluding carboxylic acids is 1. The van der Waals surface area contributed by atoms with Gasteiger partial charge in [-0.2, -0.15) is 0 Å². The summed E-state index contributed by atoms with van der Waals surface area (Å²) >= 11 is 5.86. The van der Waals surface area contributed by atoms with Crippen LogP contribution in [-0.4, -0.2) is 18.0 Å². The van der Waals surface area contributed by atoms with Crippen LogP contribution in [0.5, 0.6) is 5.75 Å². The number of anilines is 2. The van der Waals surface area contributed by atoms with Crippen molar-refractivity contribution < 1.29 is 9.53 Å². The fourth-order valence-electron chi connectivity index (χ4n) is 2.39. The summed E-state index contributed by atoms with van der Waals surface area (Å²) in [5.41, 5.74) is 3.02. The molecule has 1 heterocycles. The molecule has 3 rings (SSSR count). The Hall–Kier alpha value is -3.05. The highest BCUT2D eigenvalue weighted by molar-refractivity contribution is 6.30. The molecule has 132 valence electrons. The number of amides is 1. The minimum absolute atomic E-state index is 0.193. The Balaban J connectivity index is 1.65. The lowest BCUT2D eigenvalue weighted by atomic mass is 10.2. The van der Waals surface area contributed by atoms with Crippen molar-refractivity contribution >= 4 is 28.9 Å². The van der Waals surface area contributed by atoms with Gasteiger partial charge in [0.15, 0.2) is 0 Å². The zero-order valence-electron chi connectivity index (χ0n) is 14.2. The van der Waals surface area contributed by atoms with E-state index in [1.807, 2.05) is 36.4 Å². The van der Waals surface area contributed by atoms with E-state index < -0.39 is 0 Å². The van der Waals surface area contributed by atoms with Gasteiger partial charge in [0, 0.05) is 29.5 Å². The molecular weight excluding hydrogens is 350 g/mol. The standard InChI is InChI=1S/C20H18ClN3O2/c1-26-19-4-2-3-17(10-19)24-18-9-15(12-22-13-18)20(25)23-11-14-5-7-16(21)8-6-14/h2-10,12-13,24H,11H2,1H3,(H,23,25).